The van der Waals surface area contributed by atoms with Crippen LogP contribution in [0.1, 0.15) is 60.7 Å². The van der Waals surface area contributed by atoms with Gasteiger partial charge in [0.05, 0.1) is 18.6 Å². The highest BCUT2D eigenvalue weighted by molar-refractivity contribution is 6.08. The molecule has 0 radical (unpaired) electrons. The Balaban J connectivity index is 1.78. The third kappa shape index (κ3) is 3.70. The quantitative estimate of drug-likeness (QED) is 0.644. The highest BCUT2D eigenvalue weighted by Gasteiger charge is 2.38. The highest BCUT2D eigenvalue weighted by Crippen LogP contribution is 2.48. The van der Waals surface area contributed by atoms with Crippen LogP contribution in [-0.2, 0) is 6.42 Å². The third-order valence-electron chi connectivity index (χ3n) is 5.82. The Labute approximate surface area is 187 Å². The number of allylic oxidation sites excluding steroid dienone is 2. The van der Waals surface area contributed by atoms with Crippen molar-refractivity contribution in [3.05, 3.63) is 58.2 Å². The zero-order valence-electron chi connectivity index (χ0n) is 19.0. The number of Topliss-reactive ketones (excluding diaryl/α,β-unsaturated/α-hetero) is 1. The van der Waals surface area contributed by atoms with Gasteiger partial charge in [0, 0.05) is 17.2 Å². The van der Waals surface area contributed by atoms with Crippen LogP contribution < -0.4 is 14.2 Å². The Bertz CT molecular complexity index is 1150. The van der Waals surface area contributed by atoms with Gasteiger partial charge in [-0.25, -0.2) is 0 Å². The van der Waals surface area contributed by atoms with Gasteiger partial charge in [-0.05, 0) is 52.3 Å². The van der Waals surface area contributed by atoms with Crippen molar-refractivity contribution >= 4 is 11.9 Å². The number of carbonyl (C=O) groups excluding carboxylic acids is 1. The minimum atomic E-state index is -0.683. The van der Waals surface area contributed by atoms with E-state index in [0.717, 1.165) is 5.57 Å². The molecule has 2 aliphatic rings. The summed E-state index contributed by atoms with van der Waals surface area (Å²) in [5.74, 6) is 0.243. The highest BCUT2D eigenvalue weighted by atomic mass is 16.5. The van der Waals surface area contributed by atoms with Crippen molar-refractivity contribution < 1.29 is 29.2 Å². The van der Waals surface area contributed by atoms with Gasteiger partial charge in [0.2, 0.25) is 0 Å². The van der Waals surface area contributed by atoms with E-state index in [1.54, 1.807) is 24.3 Å². The first-order chi connectivity index (χ1) is 15.1. The summed E-state index contributed by atoms with van der Waals surface area (Å²) in [6.07, 6.45) is 6.07. The molecule has 0 fully saturated rings. The Morgan fingerprint density at radius 1 is 1.25 bits per heavy atom. The van der Waals surface area contributed by atoms with E-state index in [1.165, 1.54) is 7.11 Å². The Hall–Kier alpha value is -3.41. The van der Waals surface area contributed by atoms with Crippen LogP contribution in [0.3, 0.4) is 0 Å². The number of rotatable bonds is 4. The van der Waals surface area contributed by atoms with E-state index in [2.05, 4.69) is 0 Å². The monoisotopic (exact) mass is 436 g/mol. The van der Waals surface area contributed by atoms with Crippen molar-refractivity contribution in [2.24, 2.45) is 0 Å². The second-order valence-corrected chi connectivity index (χ2v) is 8.95. The van der Waals surface area contributed by atoms with E-state index in [1.807, 2.05) is 39.8 Å². The van der Waals surface area contributed by atoms with Crippen molar-refractivity contribution in [1.82, 2.24) is 0 Å². The molecule has 0 aromatic heterocycles. The minimum absolute atomic E-state index is 0.0898. The summed E-state index contributed by atoms with van der Waals surface area (Å²) in [7, 11) is 1.52. The zero-order chi connectivity index (χ0) is 23.2. The van der Waals surface area contributed by atoms with Gasteiger partial charge in [0.15, 0.2) is 5.78 Å². The van der Waals surface area contributed by atoms with E-state index in [0.29, 0.717) is 40.4 Å². The molecule has 6 nitrogen and oxygen atoms in total. The smallest absolute Gasteiger partial charge is 0.181 e. The number of ether oxygens (including phenoxy) is 3. The van der Waals surface area contributed by atoms with Gasteiger partial charge in [-0.1, -0.05) is 17.7 Å². The van der Waals surface area contributed by atoms with E-state index in [4.69, 9.17) is 14.2 Å². The van der Waals surface area contributed by atoms with Crippen LogP contribution in [-0.4, -0.2) is 35.3 Å². The number of hydrogen-bond donors (Lipinski definition) is 2. The van der Waals surface area contributed by atoms with Gasteiger partial charge >= 0.3 is 0 Å². The zero-order valence-corrected chi connectivity index (χ0v) is 19.0. The summed E-state index contributed by atoms with van der Waals surface area (Å²) in [5.41, 5.74) is 2.41. The topological polar surface area (TPSA) is 85.2 Å². The van der Waals surface area contributed by atoms with Crippen LogP contribution in [0.4, 0.5) is 0 Å². The molecule has 0 amide bonds. The van der Waals surface area contributed by atoms with Gasteiger partial charge in [-0.2, -0.15) is 0 Å². The maximum Gasteiger partial charge on any atom is 0.181 e. The molecule has 2 aliphatic heterocycles. The predicted octanol–water partition coefficient (Wildman–Crippen LogP) is 5.16. The van der Waals surface area contributed by atoms with E-state index < -0.39 is 11.5 Å². The first-order valence-corrected chi connectivity index (χ1v) is 10.6. The Kier molecular flexibility index (Phi) is 5.41. The number of phenolic OH excluding ortho intramolecular Hbond substituents is 2. The Morgan fingerprint density at radius 3 is 2.69 bits per heavy atom. The van der Waals surface area contributed by atoms with Gasteiger partial charge in [0.1, 0.15) is 46.5 Å². The standard InChI is InChI=1S/C26H28O6/c1-14(2)6-7-16-19(27)9-8-15(25(16)30-5)18-13-31-21-12-20-17(10-11-26(3,4)32-20)23(28)22(21)24(18)29/h6,8-12,18,27-28H,7,13H2,1-5H3. The summed E-state index contributed by atoms with van der Waals surface area (Å²) < 4.78 is 17.5. The molecule has 1 atom stereocenters. The molecule has 32 heavy (non-hydrogen) atoms. The van der Waals surface area contributed by atoms with Gasteiger partial charge in [-0.15, -0.1) is 0 Å². The fourth-order valence-corrected chi connectivity index (χ4v) is 4.14. The van der Waals surface area contributed by atoms with Crippen LogP contribution in [0.2, 0.25) is 0 Å². The van der Waals surface area contributed by atoms with Crippen molar-refractivity contribution in [1.29, 1.82) is 0 Å². The summed E-state index contributed by atoms with van der Waals surface area (Å²) in [4.78, 5) is 13.5. The van der Waals surface area contributed by atoms with E-state index in [-0.39, 0.29) is 29.5 Å². The van der Waals surface area contributed by atoms with Gasteiger partial charge in [0.25, 0.3) is 0 Å². The fraction of sp³-hybridized carbons (Fsp3) is 0.346. The second-order valence-electron chi connectivity index (χ2n) is 8.95. The maximum absolute atomic E-state index is 13.5. The van der Waals surface area contributed by atoms with Crippen molar-refractivity contribution in [3.8, 4) is 28.7 Å². The lowest BCUT2D eigenvalue weighted by molar-refractivity contribution is 0.0888. The Morgan fingerprint density at radius 2 is 2.00 bits per heavy atom. The lowest BCUT2D eigenvalue weighted by atomic mass is 9.85. The van der Waals surface area contributed by atoms with Crippen molar-refractivity contribution in [2.75, 3.05) is 13.7 Å². The number of benzene rings is 2. The molecule has 2 heterocycles. The largest absolute Gasteiger partial charge is 0.508 e. The lowest BCUT2D eigenvalue weighted by Gasteiger charge is -2.32. The molecule has 0 bridgehead atoms. The molecule has 0 aliphatic carbocycles. The number of hydrogen-bond acceptors (Lipinski definition) is 6. The van der Waals surface area contributed by atoms with Crippen LogP contribution in [0.25, 0.3) is 6.08 Å². The fourth-order valence-electron chi connectivity index (χ4n) is 4.14. The maximum atomic E-state index is 13.5. The van der Waals surface area contributed by atoms with Crippen molar-refractivity contribution in [2.45, 2.75) is 45.6 Å². The van der Waals surface area contributed by atoms with E-state index in [9.17, 15) is 15.0 Å². The molecule has 0 saturated heterocycles. The second kappa shape index (κ2) is 7.93. The SMILES string of the molecule is COc1c(C2COc3cc4c(c(O)c3C2=O)C=CC(C)(C)O4)ccc(O)c1CC=C(C)C. The molecular formula is C26H28O6. The van der Waals surface area contributed by atoms with E-state index >= 15 is 0 Å². The third-order valence-corrected chi connectivity index (χ3v) is 5.82. The molecule has 0 spiro atoms. The van der Waals surface area contributed by atoms with Gasteiger partial charge < -0.3 is 24.4 Å². The van der Waals surface area contributed by atoms with Crippen LogP contribution in [0.15, 0.2) is 35.9 Å². The normalized spacial score (nSPS) is 18.2. The number of fused-ring (bicyclic) bond motifs is 2. The average Bonchev–Trinajstić information content (AvgIpc) is 2.72. The first kappa shape index (κ1) is 21.8. The molecule has 0 saturated carbocycles. The summed E-state index contributed by atoms with van der Waals surface area (Å²) in [5, 5.41) is 21.4. The molecular weight excluding hydrogens is 408 g/mol. The number of phenols is 2. The summed E-state index contributed by atoms with van der Waals surface area (Å²) >= 11 is 0. The number of carbonyl (C=O) groups is 1. The van der Waals surface area contributed by atoms with Crippen LogP contribution >= 0.6 is 0 Å². The van der Waals surface area contributed by atoms with Gasteiger partial charge in [-0.3, -0.25) is 4.79 Å². The van der Waals surface area contributed by atoms with Crippen LogP contribution in [0.5, 0.6) is 28.7 Å². The molecule has 168 valence electrons. The summed E-state index contributed by atoms with van der Waals surface area (Å²) in [6, 6.07) is 4.91. The number of aromatic hydroxyl groups is 2. The minimum Gasteiger partial charge on any atom is -0.508 e. The molecule has 1 unspecified atom stereocenters. The molecule has 2 N–H and O–H groups in total. The molecule has 2 aromatic carbocycles. The number of methoxy groups -OCH3 is 1. The summed E-state index contributed by atoms with van der Waals surface area (Å²) in [6.45, 7) is 7.87. The van der Waals surface area contributed by atoms with Crippen LogP contribution in [0, 0.1) is 0 Å². The predicted molar refractivity (Wildman–Crippen MR) is 122 cm³/mol. The first-order valence-electron chi connectivity index (χ1n) is 10.6. The average molecular weight is 437 g/mol. The molecule has 4 rings (SSSR count). The molecule has 6 heteroatoms. The molecule has 2 aromatic rings. The number of ketones is 1. The van der Waals surface area contributed by atoms with Crippen molar-refractivity contribution in [3.63, 3.8) is 0 Å². The lowest BCUT2D eigenvalue weighted by Crippen LogP contribution is -2.30.